The standard InChI is InChI=1S/C23H17BrFNO4/c24-20-10-9-13(25)11-18(20)21(22(27)28)26-23(29)30-12-19-16-7-3-1-5-14(16)15-6-2-4-8-17(15)19/h1-11,19,21H,12H2,(H,26,29)(H,27,28). The lowest BCUT2D eigenvalue weighted by atomic mass is 9.98. The van der Waals surface area contributed by atoms with E-state index in [2.05, 4.69) is 21.2 Å². The summed E-state index contributed by atoms with van der Waals surface area (Å²) in [4.78, 5) is 24.1. The molecule has 0 spiro atoms. The fraction of sp³-hybridized carbons (Fsp3) is 0.130. The summed E-state index contributed by atoms with van der Waals surface area (Å²) in [5.41, 5.74) is 4.38. The molecular formula is C23H17BrFNO4. The van der Waals surface area contributed by atoms with Crippen molar-refractivity contribution in [3.05, 3.63) is 93.7 Å². The number of amides is 1. The van der Waals surface area contributed by atoms with E-state index in [9.17, 15) is 19.1 Å². The Balaban J connectivity index is 1.51. The smallest absolute Gasteiger partial charge is 0.408 e. The van der Waals surface area contributed by atoms with Gasteiger partial charge < -0.3 is 15.2 Å². The number of halogens is 2. The van der Waals surface area contributed by atoms with Crippen LogP contribution >= 0.6 is 15.9 Å². The van der Waals surface area contributed by atoms with Crippen molar-refractivity contribution in [1.82, 2.24) is 5.32 Å². The Kier molecular flexibility index (Phi) is 5.55. The van der Waals surface area contributed by atoms with Crippen molar-refractivity contribution in [2.24, 2.45) is 0 Å². The van der Waals surface area contributed by atoms with Gasteiger partial charge in [-0.25, -0.2) is 14.0 Å². The first-order valence-electron chi connectivity index (χ1n) is 9.25. The molecule has 1 amide bonds. The number of ether oxygens (including phenoxy) is 1. The van der Waals surface area contributed by atoms with E-state index in [-0.39, 0.29) is 18.1 Å². The van der Waals surface area contributed by atoms with E-state index < -0.39 is 23.9 Å². The molecule has 0 saturated carbocycles. The Morgan fingerprint density at radius 2 is 1.63 bits per heavy atom. The molecule has 152 valence electrons. The second kappa shape index (κ2) is 8.28. The van der Waals surface area contributed by atoms with Crippen LogP contribution in [0.4, 0.5) is 9.18 Å². The molecular weight excluding hydrogens is 453 g/mol. The minimum absolute atomic E-state index is 0.0521. The first-order valence-corrected chi connectivity index (χ1v) is 10.0. The van der Waals surface area contributed by atoms with Crippen LogP contribution in [0, 0.1) is 5.82 Å². The van der Waals surface area contributed by atoms with Crippen molar-refractivity contribution in [3.63, 3.8) is 0 Å². The van der Waals surface area contributed by atoms with Crippen molar-refractivity contribution in [3.8, 4) is 11.1 Å². The minimum atomic E-state index is -1.45. The average molecular weight is 470 g/mol. The van der Waals surface area contributed by atoms with Gasteiger partial charge in [0, 0.05) is 16.0 Å². The van der Waals surface area contributed by atoms with Crippen LogP contribution in [0.15, 0.2) is 71.2 Å². The lowest BCUT2D eigenvalue weighted by Crippen LogP contribution is -2.35. The molecule has 0 fully saturated rings. The van der Waals surface area contributed by atoms with Crippen molar-refractivity contribution < 1.29 is 23.8 Å². The first kappa shape index (κ1) is 20.1. The maximum atomic E-state index is 13.6. The van der Waals surface area contributed by atoms with E-state index in [0.717, 1.165) is 28.3 Å². The summed E-state index contributed by atoms with van der Waals surface area (Å²) in [5, 5.41) is 11.8. The summed E-state index contributed by atoms with van der Waals surface area (Å²) >= 11 is 3.20. The molecule has 4 rings (SSSR count). The highest BCUT2D eigenvalue weighted by Gasteiger charge is 2.30. The molecule has 1 aliphatic carbocycles. The number of aliphatic carboxylic acids is 1. The molecule has 0 heterocycles. The van der Waals surface area contributed by atoms with Crippen LogP contribution in [-0.2, 0) is 9.53 Å². The van der Waals surface area contributed by atoms with Crippen molar-refractivity contribution in [2.45, 2.75) is 12.0 Å². The Hall–Kier alpha value is -3.19. The van der Waals surface area contributed by atoms with E-state index in [0.29, 0.717) is 4.47 Å². The number of carboxylic acid groups (broad SMARTS) is 1. The van der Waals surface area contributed by atoms with Crippen molar-refractivity contribution in [2.75, 3.05) is 6.61 Å². The number of carbonyl (C=O) groups is 2. The van der Waals surface area contributed by atoms with Gasteiger partial charge >= 0.3 is 12.1 Å². The molecule has 0 aliphatic heterocycles. The topological polar surface area (TPSA) is 75.6 Å². The summed E-state index contributed by atoms with van der Waals surface area (Å²) in [6.07, 6.45) is -0.888. The summed E-state index contributed by atoms with van der Waals surface area (Å²) < 4.78 is 19.3. The van der Waals surface area contributed by atoms with Gasteiger partial charge in [-0.15, -0.1) is 0 Å². The largest absolute Gasteiger partial charge is 0.479 e. The van der Waals surface area contributed by atoms with Gasteiger partial charge in [-0.05, 0) is 40.5 Å². The molecule has 0 saturated heterocycles. The van der Waals surface area contributed by atoms with Gasteiger partial charge in [0.15, 0.2) is 6.04 Å². The molecule has 2 N–H and O–H groups in total. The molecule has 0 bridgehead atoms. The SMILES string of the molecule is O=C(NC(C(=O)O)c1cc(F)ccc1Br)OCC1c2ccccc2-c2ccccc21. The monoisotopic (exact) mass is 469 g/mol. The molecule has 30 heavy (non-hydrogen) atoms. The molecule has 1 aliphatic rings. The predicted molar refractivity (Wildman–Crippen MR) is 113 cm³/mol. The van der Waals surface area contributed by atoms with Crippen molar-refractivity contribution >= 4 is 28.0 Å². The highest BCUT2D eigenvalue weighted by Crippen LogP contribution is 2.44. The van der Waals surface area contributed by atoms with Crippen LogP contribution in [0.5, 0.6) is 0 Å². The number of hydrogen-bond acceptors (Lipinski definition) is 3. The molecule has 5 nitrogen and oxygen atoms in total. The summed E-state index contributed by atoms with van der Waals surface area (Å²) in [6.45, 7) is 0.0521. The summed E-state index contributed by atoms with van der Waals surface area (Å²) in [6, 6.07) is 18.0. The third-order valence-electron chi connectivity index (χ3n) is 5.12. The Bertz CT molecular complexity index is 1090. The fourth-order valence-electron chi connectivity index (χ4n) is 3.77. The van der Waals surface area contributed by atoms with Gasteiger partial charge in [0.2, 0.25) is 0 Å². The molecule has 1 atom stereocenters. The van der Waals surface area contributed by atoms with Crippen LogP contribution in [0.2, 0.25) is 0 Å². The van der Waals surface area contributed by atoms with Gasteiger partial charge in [-0.2, -0.15) is 0 Å². The van der Waals surface area contributed by atoms with Crippen LogP contribution in [0.25, 0.3) is 11.1 Å². The molecule has 0 aromatic heterocycles. The van der Waals surface area contributed by atoms with Crippen LogP contribution in [0.1, 0.15) is 28.7 Å². The van der Waals surface area contributed by atoms with E-state index in [1.54, 1.807) is 0 Å². The number of carboxylic acids is 1. The molecule has 1 unspecified atom stereocenters. The van der Waals surface area contributed by atoms with E-state index in [1.807, 2.05) is 48.5 Å². The van der Waals surface area contributed by atoms with Gasteiger partial charge in [0.1, 0.15) is 12.4 Å². The quantitative estimate of drug-likeness (QED) is 0.534. The third-order valence-corrected chi connectivity index (χ3v) is 5.84. The van der Waals surface area contributed by atoms with Crippen LogP contribution in [0.3, 0.4) is 0 Å². The average Bonchev–Trinajstić information content (AvgIpc) is 3.06. The lowest BCUT2D eigenvalue weighted by Gasteiger charge is -2.18. The number of carbonyl (C=O) groups excluding carboxylic acids is 1. The molecule has 3 aromatic carbocycles. The second-order valence-corrected chi connectivity index (χ2v) is 7.76. The fourth-order valence-corrected chi connectivity index (χ4v) is 4.24. The van der Waals surface area contributed by atoms with Gasteiger partial charge in [-0.1, -0.05) is 64.5 Å². The van der Waals surface area contributed by atoms with Gasteiger partial charge in [0.05, 0.1) is 0 Å². The highest BCUT2D eigenvalue weighted by atomic mass is 79.9. The number of fused-ring (bicyclic) bond motifs is 3. The number of rotatable bonds is 5. The lowest BCUT2D eigenvalue weighted by molar-refractivity contribution is -0.139. The predicted octanol–water partition coefficient (Wildman–Crippen LogP) is 5.25. The highest BCUT2D eigenvalue weighted by molar-refractivity contribution is 9.10. The van der Waals surface area contributed by atoms with Crippen LogP contribution in [-0.4, -0.2) is 23.8 Å². The zero-order valence-corrected chi connectivity index (χ0v) is 17.2. The second-order valence-electron chi connectivity index (χ2n) is 6.91. The zero-order chi connectivity index (χ0) is 21.3. The number of nitrogens with one attached hydrogen (secondary N) is 1. The molecule has 7 heteroatoms. The van der Waals surface area contributed by atoms with Gasteiger partial charge in [-0.3, -0.25) is 0 Å². The minimum Gasteiger partial charge on any atom is -0.479 e. The Morgan fingerprint density at radius 3 is 2.23 bits per heavy atom. The summed E-state index contributed by atoms with van der Waals surface area (Å²) in [5.74, 6) is -2.07. The van der Waals surface area contributed by atoms with Crippen LogP contribution < -0.4 is 5.32 Å². The number of hydrogen-bond donors (Lipinski definition) is 2. The first-order chi connectivity index (χ1) is 14.5. The number of alkyl carbamates (subject to hydrolysis) is 1. The maximum absolute atomic E-state index is 13.6. The zero-order valence-electron chi connectivity index (χ0n) is 15.6. The van der Waals surface area contributed by atoms with E-state index >= 15 is 0 Å². The Morgan fingerprint density at radius 1 is 1.03 bits per heavy atom. The van der Waals surface area contributed by atoms with E-state index in [4.69, 9.17) is 4.74 Å². The van der Waals surface area contributed by atoms with Crippen molar-refractivity contribution in [1.29, 1.82) is 0 Å². The molecule has 3 aromatic rings. The normalized spacial score (nSPS) is 13.3. The molecule has 0 radical (unpaired) electrons. The summed E-state index contributed by atoms with van der Waals surface area (Å²) in [7, 11) is 0. The van der Waals surface area contributed by atoms with Gasteiger partial charge in [0.25, 0.3) is 0 Å². The van der Waals surface area contributed by atoms with E-state index in [1.165, 1.54) is 12.1 Å². The third kappa shape index (κ3) is 3.80. The maximum Gasteiger partial charge on any atom is 0.408 e. The number of benzene rings is 3. The Labute approximate surface area is 180 Å².